The fourth-order valence-corrected chi connectivity index (χ4v) is 2.66. The molecule has 0 aliphatic heterocycles. The van der Waals surface area contributed by atoms with Crippen LogP contribution in [0.1, 0.15) is 45.4 Å². The maximum absolute atomic E-state index is 12.0. The van der Waals surface area contributed by atoms with E-state index in [0.29, 0.717) is 23.0 Å². The fraction of sp³-hybridized carbons (Fsp3) is 0.438. The number of nitrogens with zero attached hydrogens (tertiary/aromatic N) is 5. The Morgan fingerprint density at radius 2 is 2.17 bits per heavy atom. The van der Waals surface area contributed by atoms with Crippen LogP contribution in [0.2, 0.25) is 0 Å². The van der Waals surface area contributed by atoms with Gasteiger partial charge in [0.1, 0.15) is 5.40 Å². The zero-order valence-corrected chi connectivity index (χ0v) is 14.4. The molecule has 0 fully saturated rings. The molecule has 1 aromatic heterocycles. The van der Waals surface area contributed by atoms with Gasteiger partial charge in [0.15, 0.2) is 0 Å². The van der Waals surface area contributed by atoms with Crippen molar-refractivity contribution in [3.63, 3.8) is 0 Å². The second-order valence-corrected chi connectivity index (χ2v) is 6.08. The predicted octanol–water partition coefficient (Wildman–Crippen LogP) is 3.53. The quantitative estimate of drug-likeness (QED) is 0.424. The summed E-state index contributed by atoms with van der Waals surface area (Å²) in [5.74, 6) is 0.00647. The lowest BCUT2D eigenvalue weighted by Crippen LogP contribution is -2.11. The summed E-state index contributed by atoms with van der Waals surface area (Å²) in [6.07, 6.45) is 6.11. The molecule has 1 amide bonds. The molecule has 0 aliphatic carbocycles. The highest BCUT2D eigenvalue weighted by atomic mass is 32.2. The summed E-state index contributed by atoms with van der Waals surface area (Å²) in [6, 6.07) is 7.24. The standard InChI is InChI=1S/C16H20N6OS/c1-2-3-4-5-6-10-15(23)18-13-8-7-9-14(11-13)22-16(24-12-17)19-20-21-22/h7-9,11H,2-6,10H2,1H3,(H,18,23). The van der Waals surface area contributed by atoms with E-state index in [1.54, 1.807) is 6.07 Å². The minimum absolute atomic E-state index is 0.00647. The van der Waals surface area contributed by atoms with Crippen molar-refractivity contribution in [3.8, 4) is 11.1 Å². The molecule has 0 unspecified atom stereocenters. The van der Waals surface area contributed by atoms with Crippen molar-refractivity contribution in [2.75, 3.05) is 5.32 Å². The number of anilines is 1. The number of thiocyanates is 1. The molecule has 0 aliphatic rings. The van der Waals surface area contributed by atoms with Crippen LogP contribution in [0.5, 0.6) is 0 Å². The lowest BCUT2D eigenvalue weighted by Gasteiger charge is -2.08. The molecule has 0 radical (unpaired) electrons. The maximum atomic E-state index is 12.0. The zero-order chi connectivity index (χ0) is 17.2. The second kappa shape index (κ2) is 9.67. The maximum Gasteiger partial charge on any atom is 0.228 e. The monoisotopic (exact) mass is 344 g/mol. The lowest BCUT2D eigenvalue weighted by atomic mass is 10.1. The van der Waals surface area contributed by atoms with Crippen LogP contribution in [0, 0.1) is 10.7 Å². The van der Waals surface area contributed by atoms with E-state index >= 15 is 0 Å². The first-order valence-electron chi connectivity index (χ1n) is 7.99. The molecule has 126 valence electrons. The van der Waals surface area contributed by atoms with Gasteiger partial charge in [0.2, 0.25) is 11.1 Å². The van der Waals surface area contributed by atoms with Gasteiger partial charge in [-0.1, -0.05) is 38.7 Å². The lowest BCUT2D eigenvalue weighted by molar-refractivity contribution is -0.116. The highest BCUT2D eigenvalue weighted by Crippen LogP contribution is 2.19. The van der Waals surface area contributed by atoms with Crippen LogP contribution in [0.3, 0.4) is 0 Å². The van der Waals surface area contributed by atoms with E-state index in [0.717, 1.165) is 24.6 Å². The first-order chi connectivity index (χ1) is 11.7. The van der Waals surface area contributed by atoms with Crippen LogP contribution in [0.25, 0.3) is 5.69 Å². The van der Waals surface area contributed by atoms with Crippen molar-refractivity contribution >= 4 is 23.4 Å². The molecule has 24 heavy (non-hydrogen) atoms. The zero-order valence-electron chi connectivity index (χ0n) is 13.6. The third kappa shape index (κ3) is 5.35. The van der Waals surface area contributed by atoms with Crippen molar-refractivity contribution in [2.24, 2.45) is 0 Å². The molecular formula is C16H20N6OS. The van der Waals surface area contributed by atoms with Crippen LogP contribution in [-0.4, -0.2) is 26.1 Å². The van der Waals surface area contributed by atoms with E-state index < -0.39 is 0 Å². The molecule has 2 aromatic rings. The van der Waals surface area contributed by atoms with Crippen LogP contribution in [-0.2, 0) is 4.79 Å². The number of thioether (sulfide) groups is 1. The predicted molar refractivity (Wildman–Crippen MR) is 92.6 cm³/mol. The Kier molecular flexibility index (Phi) is 7.23. The Bertz CT molecular complexity index is 709. The Labute approximate surface area is 145 Å². The number of hydrogen-bond acceptors (Lipinski definition) is 6. The van der Waals surface area contributed by atoms with Gasteiger partial charge in [-0.15, -0.1) is 5.10 Å². The highest BCUT2D eigenvalue weighted by molar-refractivity contribution is 8.03. The minimum Gasteiger partial charge on any atom is -0.326 e. The molecule has 2 rings (SSSR count). The molecule has 0 bridgehead atoms. The summed E-state index contributed by atoms with van der Waals surface area (Å²) in [5.41, 5.74) is 1.38. The van der Waals surface area contributed by atoms with E-state index in [9.17, 15) is 4.79 Å². The normalized spacial score (nSPS) is 10.3. The molecule has 1 heterocycles. The molecule has 1 aromatic carbocycles. The smallest absolute Gasteiger partial charge is 0.228 e. The molecule has 0 saturated heterocycles. The Balaban J connectivity index is 1.94. The average Bonchev–Trinajstić information content (AvgIpc) is 3.03. The van der Waals surface area contributed by atoms with Gasteiger partial charge >= 0.3 is 0 Å². The number of benzene rings is 1. The van der Waals surface area contributed by atoms with Gasteiger partial charge in [0.25, 0.3) is 0 Å². The largest absolute Gasteiger partial charge is 0.326 e. The van der Waals surface area contributed by atoms with Gasteiger partial charge in [0, 0.05) is 23.9 Å². The number of carbonyl (C=O) groups excluding carboxylic acids is 1. The van der Waals surface area contributed by atoms with Crippen molar-refractivity contribution in [1.29, 1.82) is 5.26 Å². The minimum atomic E-state index is 0.00647. The van der Waals surface area contributed by atoms with Gasteiger partial charge in [-0.25, -0.2) is 0 Å². The number of hydrogen-bond donors (Lipinski definition) is 1. The number of nitriles is 1. The second-order valence-electron chi connectivity index (χ2n) is 5.33. The topological polar surface area (TPSA) is 96.5 Å². The molecule has 8 heteroatoms. The van der Waals surface area contributed by atoms with Gasteiger partial charge in [-0.05, 0) is 35.0 Å². The summed E-state index contributed by atoms with van der Waals surface area (Å²) in [7, 11) is 0. The summed E-state index contributed by atoms with van der Waals surface area (Å²) < 4.78 is 1.47. The van der Waals surface area contributed by atoms with E-state index in [-0.39, 0.29) is 5.91 Å². The molecule has 7 nitrogen and oxygen atoms in total. The number of carbonyl (C=O) groups is 1. The van der Waals surface area contributed by atoms with Crippen molar-refractivity contribution in [1.82, 2.24) is 20.2 Å². The first kappa shape index (κ1) is 17.9. The number of aromatic nitrogens is 4. The molecule has 0 saturated carbocycles. The summed E-state index contributed by atoms with van der Waals surface area (Å²) >= 11 is 0.886. The Morgan fingerprint density at radius 1 is 1.33 bits per heavy atom. The average molecular weight is 344 g/mol. The van der Waals surface area contributed by atoms with Crippen molar-refractivity contribution < 1.29 is 4.79 Å². The summed E-state index contributed by atoms with van der Waals surface area (Å²) in [6.45, 7) is 2.17. The molecule has 1 N–H and O–H groups in total. The number of unbranched alkanes of at least 4 members (excludes halogenated alkanes) is 4. The van der Waals surface area contributed by atoms with Gasteiger partial charge in [-0.2, -0.15) is 9.94 Å². The third-order valence-corrected chi connectivity index (χ3v) is 3.99. The first-order valence-corrected chi connectivity index (χ1v) is 8.81. The molecular weight excluding hydrogens is 324 g/mol. The SMILES string of the molecule is CCCCCCCC(=O)Nc1cccc(-n2nnnc2SC#N)c1. The van der Waals surface area contributed by atoms with Crippen molar-refractivity contribution in [2.45, 2.75) is 50.6 Å². The number of tetrazole rings is 1. The van der Waals surface area contributed by atoms with E-state index in [1.807, 2.05) is 23.6 Å². The summed E-state index contributed by atoms with van der Waals surface area (Å²) in [4.78, 5) is 12.0. The third-order valence-electron chi connectivity index (χ3n) is 3.46. The van der Waals surface area contributed by atoms with E-state index in [4.69, 9.17) is 5.26 Å². The van der Waals surface area contributed by atoms with Crippen molar-refractivity contribution in [3.05, 3.63) is 24.3 Å². The van der Waals surface area contributed by atoms with Crippen LogP contribution in [0.15, 0.2) is 29.4 Å². The van der Waals surface area contributed by atoms with Crippen LogP contribution in [0.4, 0.5) is 5.69 Å². The highest BCUT2D eigenvalue weighted by Gasteiger charge is 2.10. The molecule has 0 atom stereocenters. The van der Waals surface area contributed by atoms with Gasteiger partial charge in [0.05, 0.1) is 5.69 Å². The van der Waals surface area contributed by atoms with E-state index in [2.05, 4.69) is 27.8 Å². The van der Waals surface area contributed by atoms with Crippen LogP contribution < -0.4 is 5.32 Å². The number of amides is 1. The molecule has 0 spiro atoms. The fourth-order valence-electron chi connectivity index (χ4n) is 2.27. The number of nitrogens with one attached hydrogen (secondary N) is 1. The Hall–Kier alpha value is -2.40. The summed E-state index contributed by atoms with van der Waals surface area (Å²) in [5, 5.41) is 25.2. The van der Waals surface area contributed by atoms with Crippen LogP contribution >= 0.6 is 11.8 Å². The van der Waals surface area contributed by atoms with E-state index in [1.165, 1.54) is 23.9 Å². The number of rotatable bonds is 9. The Morgan fingerprint density at radius 3 is 2.96 bits per heavy atom. The van der Waals surface area contributed by atoms with Gasteiger partial charge < -0.3 is 5.32 Å². The van der Waals surface area contributed by atoms with Gasteiger partial charge in [-0.3, -0.25) is 4.79 Å².